The molecule has 0 aliphatic carbocycles. The summed E-state index contributed by atoms with van der Waals surface area (Å²) in [5.74, 6) is 0.642. The molecule has 0 atom stereocenters. The van der Waals surface area contributed by atoms with Crippen molar-refractivity contribution in [2.24, 2.45) is 0 Å². The summed E-state index contributed by atoms with van der Waals surface area (Å²) in [5, 5.41) is 19.9. The molecule has 2 nitrogen and oxygen atoms in total. The summed E-state index contributed by atoms with van der Waals surface area (Å²) in [6, 6.07) is 11.3. The lowest BCUT2D eigenvalue weighted by atomic mass is 9.96. The minimum absolute atomic E-state index is 0.304. The third-order valence-corrected chi connectivity index (χ3v) is 3.78. The number of rotatable bonds is 7. The zero-order chi connectivity index (χ0) is 15.9. The molecule has 0 radical (unpaired) electrons. The Labute approximate surface area is 132 Å². The molecule has 0 aromatic heterocycles. The van der Waals surface area contributed by atoms with Gasteiger partial charge in [-0.15, -0.1) is 13.2 Å². The van der Waals surface area contributed by atoms with E-state index >= 15 is 0 Å². The highest BCUT2D eigenvalue weighted by Crippen LogP contribution is 2.25. The Balaban J connectivity index is 2.18. The van der Waals surface area contributed by atoms with Crippen LogP contribution in [0.1, 0.15) is 22.3 Å². The monoisotopic (exact) mass is 294 g/mol. The van der Waals surface area contributed by atoms with E-state index in [1.165, 1.54) is 0 Å². The average Bonchev–Trinajstić information content (AvgIpc) is 2.50. The Morgan fingerprint density at radius 3 is 2.27 bits per heavy atom. The third kappa shape index (κ3) is 3.79. The molecule has 0 unspecified atom stereocenters. The minimum Gasteiger partial charge on any atom is -0.508 e. The number of aryl methyl sites for hydroxylation is 1. The highest BCUT2D eigenvalue weighted by Gasteiger charge is 2.08. The molecular formula is C20H22O2. The van der Waals surface area contributed by atoms with Crippen LogP contribution in [-0.2, 0) is 25.7 Å². The van der Waals surface area contributed by atoms with Gasteiger partial charge in [0.25, 0.3) is 0 Å². The molecule has 0 aliphatic heterocycles. The molecule has 0 amide bonds. The van der Waals surface area contributed by atoms with Gasteiger partial charge in [0.2, 0.25) is 0 Å². The van der Waals surface area contributed by atoms with E-state index in [4.69, 9.17) is 0 Å². The number of phenolic OH excluding ortho intramolecular Hbond substituents is 2. The SMILES string of the molecule is C=CCc1cc(CCc2c(O)cccc2CC=C)ccc1O. The molecule has 114 valence electrons. The summed E-state index contributed by atoms with van der Waals surface area (Å²) in [4.78, 5) is 0. The molecule has 2 N–H and O–H groups in total. The lowest BCUT2D eigenvalue weighted by Gasteiger charge is -2.11. The molecule has 0 fully saturated rings. The van der Waals surface area contributed by atoms with Crippen molar-refractivity contribution in [3.63, 3.8) is 0 Å². The lowest BCUT2D eigenvalue weighted by Crippen LogP contribution is -1.98. The standard InChI is InChI=1S/C20H22O2/c1-3-6-16-8-5-9-20(22)18(16)12-10-15-11-13-19(21)17(14-15)7-4-2/h3-5,8-9,11,13-14,21-22H,1-2,6-7,10,12H2. The molecule has 2 aromatic carbocycles. The van der Waals surface area contributed by atoms with Gasteiger partial charge in [-0.25, -0.2) is 0 Å². The highest BCUT2D eigenvalue weighted by atomic mass is 16.3. The van der Waals surface area contributed by atoms with E-state index in [1.807, 2.05) is 30.3 Å². The second kappa shape index (κ2) is 7.51. The van der Waals surface area contributed by atoms with Crippen LogP contribution >= 0.6 is 0 Å². The smallest absolute Gasteiger partial charge is 0.119 e. The number of phenols is 2. The first-order chi connectivity index (χ1) is 10.7. The van der Waals surface area contributed by atoms with Gasteiger partial charge >= 0.3 is 0 Å². The first kappa shape index (κ1) is 15.9. The molecule has 22 heavy (non-hydrogen) atoms. The molecule has 0 saturated heterocycles. The van der Waals surface area contributed by atoms with E-state index in [0.29, 0.717) is 17.9 Å². The van der Waals surface area contributed by atoms with Gasteiger partial charge in [-0.05, 0) is 60.1 Å². The van der Waals surface area contributed by atoms with E-state index in [-0.39, 0.29) is 0 Å². The lowest BCUT2D eigenvalue weighted by molar-refractivity contribution is 0.466. The Bertz CT molecular complexity index is 671. The molecule has 2 rings (SSSR count). The van der Waals surface area contributed by atoms with Crippen LogP contribution in [0.5, 0.6) is 11.5 Å². The van der Waals surface area contributed by atoms with Crippen molar-refractivity contribution >= 4 is 0 Å². The van der Waals surface area contributed by atoms with E-state index in [9.17, 15) is 10.2 Å². The van der Waals surface area contributed by atoms with E-state index in [0.717, 1.165) is 41.5 Å². The van der Waals surface area contributed by atoms with Gasteiger partial charge in [-0.3, -0.25) is 0 Å². The van der Waals surface area contributed by atoms with E-state index in [2.05, 4.69) is 13.2 Å². The van der Waals surface area contributed by atoms with Crippen LogP contribution in [0.15, 0.2) is 61.7 Å². The topological polar surface area (TPSA) is 40.5 Å². The van der Waals surface area contributed by atoms with Crippen molar-refractivity contribution in [3.05, 3.63) is 84.0 Å². The van der Waals surface area contributed by atoms with Crippen LogP contribution in [0.4, 0.5) is 0 Å². The Hall–Kier alpha value is -2.48. The molecule has 0 saturated carbocycles. The largest absolute Gasteiger partial charge is 0.508 e. The van der Waals surface area contributed by atoms with Gasteiger partial charge in [0.15, 0.2) is 0 Å². The minimum atomic E-state index is 0.304. The van der Waals surface area contributed by atoms with Crippen LogP contribution < -0.4 is 0 Å². The molecule has 0 spiro atoms. The predicted molar refractivity (Wildman–Crippen MR) is 91.4 cm³/mol. The number of hydrogen-bond donors (Lipinski definition) is 2. The normalized spacial score (nSPS) is 10.4. The van der Waals surface area contributed by atoms with Gasteiger partial charge in [0, 0.05) is 0 Å². The summed E-state index contributed by atoms with van der Waals surface area (Å²) >= 11 is 0. The fourth-order valence-electron chi connectivity index (χ4n) is 2.64. The maximum atomic E-state index is 10.1. The predicted octanol–water partition coefficient (Wildman–Crippen LogP) is 4.34. The second-order valence-electron chi connectivity index (χ2n) is 5.36. The van der Waals surface area contributed by atoms with E-state index < -0.39 is 0 Å². The first-order valence-electron chi connectivity index (χ1n) is 7.48. The van der Waals surface area contributed by atoms with Crippen LogP contribution in [0.3, 0.4) is 0 Å². The molecular weight excluding hydrogens is 272 g/mol. The molecule has 2 heteroatoms. The fourth-order valence-corrected chi connectivity index (χ4v) is 2.64. The van der Waals surface area contributed by atoms with Gasteiger partial charge in [0.05, 0.1) is 0 Å². The summed E-state index contributed by atoms with van der Waals surface area (Å²) in [7, 11) is 0. The highest BCUT2D eigenvalue weighted by molar-refractivity contribution is 5.42. The fraction of sp³-hybridized carbons (Fsp3) is 0.200. The zero-order valence-electron chi connectivity index (χ0n) is 12.8. The van der Waals surface area contributed by atoms with Crippen molar-refractivity contribution in [2.45, 2.75) is 25.7 Å². The summed E-state index contributed by atoms with van der Waals surface area (Å²) in [5.41, 5.74) is 4.11. The molecule has 0 heterocycles. The Kier molecular flexibility index (Phi) is 5.42. The zero-order valence-corrected chi connectivity index (χ0v) is 12.8. The van der Waals surface area contributed by atoms with Crippen LogP contribution in [-0.4, -0.2) is 10.2 Å². The number of benzene rings is 2. The summed E-state index contributed by atoms with van der Waals surface area (Å²) in [6.45, 7) is 7.48. The van der Waals surface area contributed by atoms with Crippen molar-refractivity contribution in [3.8, 4) is 11.5 Å². The summed E-state index contributed by atoms with van der Waals surface area (Å²) < 4.78 is 0. The van der Waals surface area contributed by atoms with Crippen molar-refractivity contribution < 1.29 is 10.2 Å². The number of hydrogen-bond acceptors (Lipinski definition) is 2. The van der Waals surface area contributed by atoms with Crippen molar-refractivity contribution in [1.29, 1.82) is 0 Å². The quantitative estimate of drug-likeness (QED) is 0.746. The van der Waals surface area contributed by atoms with Crippen LogP contribution in [0.25, 0.3) is 0 Å². The van der Waals surface area contributed by atoms with Crippen molar-refractivity contribution in [1.82, 2.24) is 0 Å². The maximum Gasteiger partial charge on any atom is 0.119 e. The van der Waals surface area contributed by atoms with Crippen molar-refractivity contribution in [2.75, 3.05) is 0 Å². The molecule has 0 aliphatic rings. The van der Waals surface area contributed by atoms with Gasteiger partial charge in [-0.2, -0.15) is 0 Å². The number of aromatic hydroxyl groups is 2. The maximum absolute atomic E-state index is 10.1. The van der Waals surface area contributed by atoms with Gasteiger partial charge in [-0.1, -0.05) is 36.4 Å². The Morgan fingerprint density at radius 2 is 1.55 bits per heavy atom. The van der Waals surface area contributed by atoms with Crippen LogP contribution in [0.2, 0.25) is 0 Å². The van der Waals surface area contributed by atoms with Gasteiger partial charge < -0.3 is 10.2 Å². The van der Waals surface area contributed by atoms with E-state index in [1.54, 1.807) is 18.2 Å². The third-order valence-electron chi connectivity index (χ3n) is 3.78. The first-order valence-corrected chi connectivity index (χ1v) is 7.48. The average molecular weight is 294 g/mol. The molecule has 2 aromatic rings. The summed E-state index contributed by atoms with van der Waals surface area (Å²) in [6.07, 6.45) is 6.60. The molecule has 0 bridgehead atoms. The number of allylic oxidation sites excluding steroid dienone is 2. The second-order valence-corrected chi connectivity index (χ2v) is 5.36. The van der Waals surface area contributed by atoms with Crippen LogP contribution in [0, 0.1) is 0 Å². The Morgan fingerprint density at radius 1 is 0.818 bits per heavy atom. The van der Waals surface area contributed by atoms with Gasteiger partial charge in [0.1, 0.15) is 11.5 Å².